The molecule has 1 aliphatic heterocycles. The lowest BCUT2D eigenvalue weighted by Crippen LogP contribution is -2.30. The number of hydrogen-bond donors (Lipinski definition) is 2. The third-order valence-electron chi connectivity index (χ3n) is 5.48. The van der Waals surface area contributed by atoms with Crippen molar-refractivity contribution in [3.8, 4) is 6.07 Å². The lowest BCUT2D eigenvalue weighted by molar-refractivity contribution is -0.117. The van der Waals surface area contributed by atoms with Gasteiger partial charge in [-0.3, -0.25) is 9.59 Å². The number of fused-ring (bicyclic) bond motifs is 1. The van der Waals surface area contributed by atoms with Gasteiger partial charge in [0, 0.05) is 16.7 Å². The van der Waals surface area contributed by atoms with E-state index in [1.54, 1.807) is 42.5 Å². The van der Waals surface area contributed by atoms with E-state index in [9.17, 15) is 14.9 Å². The van der Waals surface area contributed by atoms with E-state index in [-0.39, 0.29) is 29.1 Å². The second-order valence-corrected chi connectivity index (χ2v) is 8.88. The Labute approximate surface area is 197 Å². The number of carbonyl (C=O) groups excluding carboxylic acids is 2. The summed E-state index contributed by atoms with van der Waals surface area (Å²) in [6.07, 6.45) is 1.51. The molecule has 4 rings (SSSR count). The van der Waals surface area contributed by atoms with E-state index < -0.39 is 5.91 Å². The van der Waals surface area contributed by atoms with Crippen LogP contribution in [0.3, 0.4) is 0 Å². The van der Waals surface area contributed by atoms with E-state index in [4.69, 9.17) is 4.42 Å². The number of nitrogens with zero attached hydrogens (tertiary/aromatic N) is 2. The van der Waals surface area contributed by atoms with Gasteiger partial charge in [0.15, 0.2) is 0 Å². The highest BCUT2D eigenvalue weighted by Crippen LogP contribution is 2.31. The lowest BCUT2D eigenvalue weighted by atomic mass is 9.87. The summed E-state index contributed by atoms with van der Waals surface area (Å²) in [6, 6.07) is 20.0. The fraction of sp³-hybridized carbons (Fsp3) is 0.185. The molecule has 0 aliphatic carbocycles. The Bertz CT molecular complexity index is 1340. The van der Waals surface area contributed by atoms with Gasteiger partial charge in [-0.25, -0.2) is 4.99 Å². The quantitative estimate of drug-likeness (QED) is 0.454. The first-order valence-corrected chi connectivity index (χ1v) is 10.8. The van der Waals surface area contributed by atoms with Crippen LogP contribution in [-0.4, -0.2) is 17.6 Å². The molecule has 1 aliphatic rings. The minimum Gasteiger partial charge on any atom is -0.467 e. The molecule has 7 nitrogen and oxygen atoms in total. The van der Waals surface area contributed by atoms with Crippen LogP contribution in [0.1, 0.15) is 53.6 Å². The minimum atomic E-state index is -0.571. The first-order valence-electron chi connectivity index (χ1n) is 10.8. The Morgan fingerprint density at radius 1 is 1.00 bits per heavy atom. The van der Waals surface area contributed by atoms with Crippen molar-refractivity contribution < 1.29 is 14.0 Å². The number of amides is 2. The zero-order valence-corrected chi connectivity index (χ0v) is 19.2. The molecule has 2 amide bonds. The van der Waals surface area contributed by atoms with Gasteiger partial charge < -0.3 is 15.1 Å². The molecule has 3 aromatic rings. The fourth-order valence-electron chi connectivity index (χ4n) is 3.60. The number of hydrogen-bond acceptors (Lipinski definition) is 5. The molecule has 0 saturated carbocycles. The highest BCUT2D eigenvalue weighted by molar-refractivity contribution is 6.20. The van der Waals surface area contributed by atoms with E-state index in [0.29, 0.717) is 28.3 Å². The number of aliphatic imine (C=N–C) groups is 1. The van der Waals surface area contributed by atoms with Crippen molar-refractivity contribution in [3.63, 3.8) is 0 Å². The smallest absolute Gasteiger partial charge is 0.264 e. The number of amidine groups is 1. The summed E-state index contributed by atoms with van der Waals surface area (Å²) < 4.78 is 5.22. The molecule has 0 unspecified atom stereocenters. The van der Waals surface area contributed by atoms with Crippen LogP contribution in [0.15, 0.2) is 81.9 Å². The van der Waals surface area contributed by atoms with Gasteiger partial charge in [0.1, 0.15) is 23.2 Å². The molecule has 0 atom stereocenters. The van der Waals surface area contributed by atoms with Crippen molar-refractivity contribution in [1.82, 2.24) is 10.6 Å². The summed E-state index contributed by atoms with van der Waals surface area (Å²) in [5, 5.41) is 15.2. The zero-order chi connectivity index (χ0) is 24.3. The Kier molecular flexibility index (Phi) is 6.15. The van der Waals surface area contributed by atoms with Crippen LogP contribution in [0.25, 0.3) is 5.70 Å². The average molecular weight is 453 g/mol. The van der Waals surface area contributed by atoms with Crippen molar-refractivity contribution in [2.45, 2.75) is 32.7 Å². The highest BCUT2D eigenvalue weighted by atomic mass is 16.3. The third kappa shape index (κ3) is 4.66. The van der Waals surface area contributed by atoms with Crippen molar-refractivity contribution in [3.05, 3.63) is 101 Å². The van der Waals surface area contributed by atoms with E-state index in [2.05, 4.69) is 36.4 Å². The summed E-state index contributed by atoms with van der Waals surface area (Å²) in [5.41, 5.74) is 2.91. The minimum absolute atomic E-state index is 0.0195. The molecule has 0 bridgehead atoms. The molecule has 34 heavy (non-hydrogen) atoms. The van der Waals surface area contributed by atoms with E-state index in [1.165, 1.54) is 6.26 Å². The third-order valence-corrected chi connectivity index (χ3v) is 5.48. The Morgan fingerprint density at radius 2 is 1.71 bits per heavy atom. The Morgan fingerprint density at radius 3 is 2.32 bits per heavy atom. The van der Waals surface area contributed by atoms with Crippen molar-refractivity contribution >= 4 is 23.3 Å². The number of carbonyl (C=O) groups is 2. The first-order chi connectivity index (χ1) is 16.3. The van der Waals surface area contributed by atoms with Crippen molar-refractivity contribution in [1.29, 1.82) is 5.26 Å². The summed E-state index contributed by atoms with van der Waals surface area (Å²) in [5.74, 6) is -0.0349. The number of nitrogens with one attached hydrogen (secondary N) is 2. The molecular weight excluding hydrogens is 428 g/mol. The Balaban J connectivity index is 1.61. The topological polar surface area (TPSA) is 107 Å². The van der Waals surface area contributed by atoms with Crippen LogP contribution in [0.4, 0.5) is 0 Å². The molecule has 2 heterocycles. The fourth-order valence-corrected chi connectivity index (χ4v) is 3.60. The Hall–Kier alpha value is -4.44. The number of furan rings is 1. The summed E-state index contributed by atoms with van der Waals surface area (Å²) >= 11 is 0. The lowest BCUT2D eigenvalue weighted by Gasteiger charge is -2.19. The van der Waals surface area contributed by atoms with Gasteiger partial charge >= 0.3 is 0 Å². The van der Waals surface area contributed by atoms with Crippen LogP contribution in [0.5, 0.6) is 0 Å². The molecule has 0 radical (unpaired) electrons. The molecule has 2 aromatic carbocycles. The average Bonchev–Trinajstić information content (AvgIpc) is 3.47. The van der Waals surface area contributed by atoms with Crippen LogP contribution in [0.2, 0.25) is 0 Å². The SMILES string of the molecule is CC(C)(C)c1ccc(C(=O)NC2=N/C(=C(/C#N)C(=O)NCc3ccco3)c3ccccc32)cc1. The van der Waals surface area contributed by atoms with Gasteiger partial charge in [-0.15, -0.1) is 0 Å². The van der Waals surface area contributed by atoms with Crippen molar-refractivity contribution in [2.24, 2.45) is 4.99 Å². The number of rotatable bonds is 4. The van der Waals surface area contributed by atoms with Crippen LogP contribution >= 0.6 is 0 Å². The van der Waals surface area contributed by atoms with E-state index in [1.807, 2.05) is 24.3 Å². The summed E-state index contributed by atoms with van der Waals surface area (Å²) in [7, 11) is 0. The predicted molar refractivity (Wildman–Crippen MR) is 129 cm³/mol. The van der Waals surface area contributed by atoms with Gasteiger partial charge in [-0.05, 0) is 35.2 Å². The summed E-state index contributed by atoms with van der Waals surface area (Å²) in [6.45, 7) is 6.47. The molecule has 1 aromatic heterocycles. The van der Waals surface area contributed by atoms with Crippen molar-refractivity contribution in [2.75, 3.05) is 0 Å². The molecule has 0 saturated heterocycles. The molecular formula is C27H24N4O3. The normalized spacial score (nSPS) is 14.0. The number of benzene rings is 2. The maximum atomic E-state index is 12.9. The molecule has 7 heteroatoms. The molecule has 2 N–H and O–H groups in total. The molecule has 0 spiro atoms. The van der Waals surface area contributed by atoms with Gasteiger partial charge in [0.2, 0.25) is 0 Å². The van der Waals surface area contributed by atoms with Crippen LogP contribution in [0, 0.1) is 11.3 Å². The number of nitriles is 1. The summed E-state index contributed by atoms with van der Waals surface area (Å²) in [4.78, 5) is 30.1. The van der Waals surface area contributed by atoms with Gasteiger partial charge in [-0.2, -0.15) is 5.26 Å². The predicted octanol–water partition coefficient (Wildman–Crippen LogP) is 4.32. The monoisotopic (exact) mass is 452 g/mol. The second-order valence-electron chi connectivity index (χ2n) is 8.88. The zero-order valence-electron chi connectivity index (χ0n) is 19.2. The maximum Gasteiger partial charge on any atom is 0.264 e. The highest BCUT2D eigenvalue weighted by Gasteiger charge is 2.27. The van der Waals surface area contributed by atoms with Gasteiger partial charge in [0.25, 0.3) is 11.8 Å². The van der Waals surface area contributed by atoms with E-state index in [0.717, 1.165) is 5.56 Å². The largest absolute Gasteiger partial charge is 0.467 e. The first kappa shape index (κ1) is 22.7. The van der Waals surface area contributed by atoms with Gasteiger partial charge in [-0.1, -0.05) is 57.2 Å². The molecule has 170 valence electrons. The van der Waals surface area contributed by atoms with E-state index >= 15 is 0 Å². The molecule has 0 fully saturated rings. The second kappa shape index (κ2) is 9.20. The van der Waals surface area contributed by atoms with Gasteiger partial charge in [0.05, 0.1) is 18.5 Å². The van der Waals surface area contributed by atoms with Crippen LogP contribution < -0.4 is 10.6 Å². The maximum absolute atomic E-state index is 12.9. The standard InChI is InChI=1S/C27H24N4O3/c1-27(2,3)18-12-10-17(11-13-18)25(32)31-24-21-9-5-4-8-20(21)23(30-24)22(15-28)26(33)29-16-19-7-6-14-34-19/h4-14H,16H2,1-3H3,(H,29,33)(H,30,31,32)/b23-22-. The van der Waals surface area contributed by atoms with Crippen LogP contribution in [-0.2, 0) is 16.8 Å².